The van der Waals surface area contributed by atoms with Gasteiger partial charge in [0, 0.05) is 7.11 Å². The fourth-order valence-corrected chi connectivity index (χ4v) is 11.4. The van der Waals surface area contributed by atoms with Crippen molar-refractivity contribution in [1.29, 1.82) is 0 Å². The van der Waals surface area contributed by atoms with Gasteiger partial charge in [0.2, 0.25) is 0 Å². The van der Waals surface area contributed by atoms with Gasteiger partial charge in [-0.2, -0.15) is 0 Å². The Balaban J connectivity index is 1.45. The monoisotopic (exact) mass is 744 g/mol. The molecule has 0 radical (unpaired) electrons. The first-order valence-electron chi connectivity index (χ1n) is 17.8. The minimum absolute atomic E-state index is 0.0986. The molecule has 0 amide bonds. The third-order valence-corrected chi connectivity index (χ3v) is 14.5. The van der Waals surface area contributed by atoms with E-state index < -0.39 is 62.0 Å². The van der Waals surface area contributed by atoms with Gasteiger partial charge >= 0.3 is 17.9 Å². The molecule has 5 aromatic carbocycles. The Morgan fingerprint density at radius 3 is 1.26 bits per heavy atom. The van der Waals surface area contributed by atoms with Crippen molar-refractivity contribution in [3.63, 3.8) is 0 Å². The molecule has 6 rings (SSSR count). The molecule has 1 aliphatic heterocycles. The van der Waals surface area contributed by atoms with Gasteiger partial charge in [0.15, 0.2) is 24.6 Å². The van der Waals surface area contributed by atoms with E-state index in [4.69, 9.17) is 28.1 Å². The molecule has 54 heavy (non-hydrogen) atoms. The lowest BCUT2D eigenvalue weighted by Crippen LogP contribution is -2.69. The van der Waals surface area contributed by atoms with Crippen LogP contribution in [0.15, 0.2) is 152 Å². The van der Waals surface area contributed by atoms with E-state index in [-0.39, 0.29) is 23.3 Å². The molecule has 0 bridgehead atoms. The fourth-order valence-electron chi connectivity index (χ4n) is 6.87. The van der Waals surface area contributed by atoms with Crippen molar-refractivity contribution in [3.8, 4) is 0 Å². The minimum Gasteiger partial charge on any atom is -0.452 e. The van der Waals surface area contributed by atoms with Crippen molar-refractivity contribution in [3.05, 3.63) is 168 Å². The second-order valence-corrected chi connectivity index (χ2v) is 18.3. The van der Waals surface area contributed by atoms with Gasteiger partial charge in [-0.15, -0.1) is 0 Å². The van der Waals surface area contributed by atoms with E-state index in [0.717, 1.165) is 10.4 Å². The van der Waals surface area contributed by atoms with Crippen molar-refractivity contribution in [2.75, 3.05) is 13.7 Å². The molecule has 0 saturated carbocycles. The summed E-state index contributed by atoms with van der Waals surface area (Å²) in [6.07, 6.45) is -6.35. The Hall–Kier alpha value is -5.39. The van der Waals surface area contributed by atoms with Crippen LogP contribution in [0, 0.1) is 0 Å². The summed E-state index contributed by atoms with van der Waals surface area (Å²) in [5.74, 6) is -2.11. The third-order valence-electron chi connectivity index (χ3n) is 9.46. The van der Waals surface area contributed by atoms with Gasteiger partial charge in [-0.3, -0.25) is 0 Å². The Labute approximate surface area is 316 Å². The average Bonchev–Trinajstić information content (AvgIpc) is 3.21. The first-order chi connectivity index (χ1) is 26.1. The van der Waals surface area contributed by atoms with Crippen LogP contribution in [-0.2, 0) is 28.1 Å². The summed E-state index contributed by atoms with van der Waals surface area (Å²) in [7, 11) is -1.74. The Kier molecular flexibility index (Phi) is 12.2. The van der Waals surface area contributed by atoms with Gasteiger partial charge < -0.3 is 28.1 Å². The normalized spacial score (nSPS) is 20.0. The second kappa shape index (κ2) is 17.2. The standard InChI is InChI=1S/C44H44O9Si/c1-44(2,3)54(34-26-16-8-17-27-34,35-28-18-9-19-29-35)49-30-36-37(51-40(45)31-20-10-5-11-21-31)38(52-41(46)32-22-12-6-13-23-32)39(43(48-4)50-36)53-42(47)33-24-14-7-15-25-33/h5-29,36-39,43H,30H2,1-4H3/t36-,37+,38+,39-,43-/m1/s1. The number of hydrogen-bond donors (Lipinski definition) is 0. The predicted octanol–water partition coefficient (Wildman–Crippen LogP) is 6.61. The molecule has 10 heteroatoms. The summed E-state index contributed by atoms with van der Waals surface area (Å²) in [6, 6.07) is 45.4. The number of benzene rings is 5. The van der Waals surface area contributed by atoms with Crippen molar-refractivity contribution in [1.82, 2.24) is 0 Å². The topological polar surface area (TPSA) is 107 Å². The molecular weight excluding hydrogens is 701 g/mol. The predicted molar refractivity (Wildman–Crippen MR) is 206 cm³/mol. The summed E-state index contributed by atoms with van der Waals surface area (Å²) in [5, 5.41) is 1.67. The highest BCUT2D eigenvalue weighted by Gasteiger charge is 2.56. The SMILES string of the molecule is CO[C@@H]1O[C@H](CO[Si](c2ccccc2)(c2ccccc2)C(C)(C)C)[C@H](OC(=O)c2ccccc2)[C@H](OC(=O)c2ccccc2)[C@H]1OC(=O)c1ccccc1. The molecule has 0 N–H and O–H groups in total. The van der Waals surface area contributed by atoms with Gasteiger partial charge in [0.05, 0.1) is 23.3 Å². The highest BCUT2D eigenvalue weighted by atomic mass is 28.4. The smallest absolute Gasteiger partial charge is 0.338 e. The van der Waals surface area contributed by atoms with Crippen LogP contribution in [0.4, 0.5) is 0 Å². The zero-order valence-electron chi connectivity index (χ0n) is 30.7. The summed E-state index contributed by atoms with van der Waals surface area (Å²) in [4.78, 5) is 41.3. The van der Waals surface area contributed by atoms with Crippen LogP contribution in [0.5, 0.6) is 0 Å². The number of ether oxygens (including phenoxy) is 5. The number of hydrogen-bond acceptors (Lipinski definition) is 9. The van der Waals surface area contributed by atoms with Crippen molar-refractivity contribution < 1.29 is 42.5 Å². The molecule has 0 spiro atoms. The van der Waals surface area contributed by atoms with E-state index in [1.165, 1.54) is 7.11 Å². The van der Waals surface area contributed by atoms with Crippen molar-refractivity contribution in [2.24, 2.45) is 0 Å². The van der Waals surface area contributed by atoms with Gasteiger partial charge in [0.25, 0.3) is 8.32 Å². The summed E-state index contributed by atoms with van der Waals surface area (Å²) >= 11 is 0. The Morgan fingerprint density at radius 2 is 0.889 bits per heavy atom. The van der Waals surface area contributed by atoms with Crippen molar-refractivity contribution >= 4 is 36.6 Å². The van der Waals surface area contributed by atoms with E-state index in [1.807, 2.05) is 36.4 Å². The number of methoxy groups -OCH3 is 1. The van der Waals surface area contributed by atoms with Gasteiger partial charge in [-0.1, -0.05) is 136 Å². The Bertz CT molecular complexity index is 1930. The van der Waals surface area contributed by atoms with E-state index in [1.54, 1.807) is 91.0 Å². The average molecular weight is 745 g/mol. The highest BCUT2D eigenvalue weighted by Crippen LogP contribution is 2.38. The molecule has 9 nitrogen and oxygen atoms in total. The number of carbonyl (C=O) groups excluding carboxylic acids is 3. The summed E-state index contributed by atoms with van der Waals surface area (Å²) < 4.78 is 38.2. The molecule has 278 valence electrons. The van der Waals surface area contributed by atoms with Crippen LogP contribution in [0.3, 0.4) is 0 Å². The molecule has 5 aromatic rings. The minimum atomic E-state index is -3.15. The maximum Gasteiger partial charge on any atom is 0.338 e. The van der Waals surface area contributed by atoms with Crippen LogP contribution in [0.25, 0.3) is 0 Å². The molecule has 1 heterocycles. The molecule has 0 aromatic heterocycles. The lowest BCUT2D eigenvalue weighted by atomic mass is 9.97. The van der Waals surface area contributed by atoms with E-state index in [2.05, 4.69) is 45.0 Å². The van der Waals surface area contributed by atoms with E-state index >= 15 is 0 Å². The van der Waals surface area contributed by atoms with Crippen molar-refractivity contribution in [2.45, 2.75) is 56.5 Å². The van der Waals surface area contributed by atoms with E-state index in [9.17, 15) is 14.4 Å². The van der Waals surface area contributed by atoms with Gasteiger partial charge in [-0.25, -0.2) is 14.4 Å². The fraction of sp³-hybridized carbons (Fsp3) is 0.250. The van der Waals surface area contributed by atoms with Crippen LogP contribution in [-0.4, -0.2) is 70.6 Å². The first kappa shape index (κ1) is 38.3. The quantitative estimate of drug-likeness (QED) is 0.0793. The highest BCUT2D eigenvalue weighted by molar-refractivity contribution is 6.99. The van der Waals surface area contributed by atoms with Gasteiger partial charge in [-0.05, 0) is 51.8 Å². The number of rotatable bonds is 12. The lowest BCUT2D eigenvalue weighted by Gasteiger charge is -2.47. The molecule has 5 atom stereocenters. The first-order valence-corrected chi connectivity index (χ1v) is 19.7. The maximum absolute atomic E-state index is 13.9. The van der Waals surface area contributed by atoms with Crippen LogP contribution < -0.4 is 10.4 Å². The van der Waals surface area contributed by atoms with Crippen LogP contribution in [0.2, 0.25) is 5.04 Å². The molecular formula is C44H44O9Si. The van der Waals surface area contributed by atoms with E-state index in [0.29, 0.717) is 0 Å². The number of esters is 3. The molecule has 0 unspecified atom stereocenters. The van der Waals surface area contributed by atoms with Gasteiger partial charge in [0.1, 0.15) is 6.10 Å². The largest absolute Gasteiger partial charge is 0.452 e. The Morgan fingerprint density at radius 1 is 0.537 bits per heavy atom. The molecule has 1 saturated heterocycles. The summed E-state index contributed by atoms with van der Waals surface area (Å²) in [6.45, 7) is 6.35. The molecule has 1 fully saturated rings. The number of carbonyl (C=O) groups is 3. The molecule has 0 aliphatic carbocycles. The third kappa shape index (κ3) is 8.37. The zero-order chi connectivity index (χ0) is 38.1. The molecule has 1 aliphatic rings. The second-order valence-electron chi connectivity index (χ2n) is 14.0. The maximum atomic E-state index is 13.9. The van der Waals surface area contributed by atoms with Crippen LogP contribution >= 0.6 is 0 Å². The summed E-state index contributed by atoms with van der Waals surface area (Å²) in [5.41, 5.74) is 0.777. The van der Waals surface area contributed by atoms with Crippen LogP contribution in [0.1, 0.15) is 51.8 Å². The zero-order valence-corrected chi connectivity index (χ0v) is 31.7. The lowest BCUT2D eigenvalue weighted by molar-refractivity contribution is -0.291.